The molecule has 1 amide bonds. The highest BCUT2D eigenvalue weighted by Gasteiger charge is 2.17. The number of hydrogen-bond acceptors (Lipinski definition) is 3. The maximum Gasteiger partial charge on any atom is 0.270 e. The number of hydrogen-bond donors (Lipinski definition) is 3. The molecule has 0 atom stereocenters. The number of carbonyl (C=O) groups excluding carboxylic acids is 1. The number of anilines is 1. The van der Waals surface area contributed by atoms with Gasteiger partial charge in [-0.2, -0.15) is 0 Å². The van der Waals surface area contributed by atoms with E-state index in [1.165, 1.54) is 24.6 Å². The smallest absolute Gasteiger partial charge is 0.270 e. The summed E-state index contributed by atoms with van der Waals surface area (Å²) in [5, 5.41) is 0. The van der Waals surface area contributed by atoms with Gasteiger partial charge < -0.3 is 5.73 Å². The van der Waals surface area contributed by atoms with Gasteiger partial charge >= 0.3 is 0 Å². The molecule has 1 aromatic rings. The van der Waals surface area contributed by atoms with Gasteiger partial charge in [0.05, 0.1) is 5.56 Å². The topological polar surface area (TPSA) is 67.2 Å². The van der Waals surface area contributed by atoms with Crippen molar-refractivity contribution in [2.75, 3.05) is 5.73 Å². The summed E-state index contributed by atoms with van der Waals surface area (Å²) in [6.07, 6.45) is 5.64. The van der Waals surface area contributed by atoms with E-state index in [1.807, 2.05) is 0 Å². The molecule has 1 aliphatic carbocycles. The molecule has 1 aliphatic rings. The predicted octanol–water partition coefficient (Wildman–Crippen LogP) is 1.97. The number of nitrogens with one attached hydrogen (secondary N) is 2. The fourth-order valence-corrected chi connectivity index (χ4v) is 2.26. The van der Waals surface area contributed by atoms with Crippen LogP contribution in [0.4, 0.5) is 10.1 Å². The molecule has 18 heavy (non-hydrogen) atoms. The lowest BCUT2D eigenvalue weighted by Crippen LogP contribution is -2.45. The van der Waals surface area contributed by atoms with Gasteiger partial charge in [-0.15, -0.1) is 0 Å². The van der Waals surface area contributed by atoms with Crippen LogP contribution in [0, 0.1) is 5.82 Å². The Bertz CT molecular complexity index is 410. The largest absolute Gasteiger partial charge is 0.398 e. The van der Waals surface area contributed by atoms with Gasteiger partial charge in [0.15, 0.2) is 0 Å². The fourth-order valence-electron chi connectivity index (χ4n) is 2.26. The lowest BCUT2D eigenvalue weighted by molar-refractivity contribution is 0.0917. The third-order valence-corrected chi connectivity index (χ3v) is 3.27. The summed E-state index contributed by atoms with van der Waals surface area (Å²) in [6, 6.07) is 4.50. The number of rotatable bonds is 3. The Morgan fingerprint density at radius 1 is 1.28 bits per heavy atom. The molecular formula is C13H18FN3O. The van der Waals surface area contributed by atoms with Crippen molar-refractivity contribution in [1.82, 2.24) is 10.9 Å². The lowest BCUT2D eigenvalue weighted by Gasteiger charge is -2.23. The van der Waals surface area contributed by atoms with E-state index in [0.29, 0.717) is 0 Å². The molecular weight excluding hydrogens is 233 g/mol. The van der Waals surface area contributed by atoms with Crippen LogP contribution in [0.5, 0.6) is 0 Å². The minimum absolute atomic E-state index is 0.0965. The first-order chi connectivity index (χ1) is 8.68. The zero-order chi connectivity index (χ0) is 13.0. The van der Waals surface area contributed by atoms with Crippen LogP contribution >= 0.6 is 0 Å². The zero-order valence-electron chi connectivity index (χ0n) is 10.2. The van der Waals surface area contributed by atoms with Crippen LogP contribution in [0.1, 0.15) is 42.5 Å². The van der Waals surface area contributed by atoms with Gasteiger partial charge in [0.25, 0.3) is 5.91 Å². The number of halogens is 1. The van der Waals surface area contributed by atoms with E-state index in [4.69, 9.17) is 5.73 Å². The van der Waals surface area contributed by atoms with E-state index in [1.54, 1.807) is 0 Å². The molecule has 0 spiro atoms. The molecule has 0 saturated heterocycles. The minimum atomic E-state index is -0.599. The monoisotopic (exact) mass is 251 g/mol. The molecule has 0 radical (unpaired) electrons. The normalized spacial score (nSPS) is 16.5. The van der Waals surface area contributed by atoms with Crippen molar-refractivity contribution in [2.45, 2.75) is 38.1 Å². The number of nitrogen functional groups attached to an aromatic ring is 1. The number of nitrogens with two attached hydrogens (primary N) is 1. The van der Waals surface area contributed by atoms with E-state index < -0.39 is 11.7 Å². The quantitative estimate of drug-likeness (QED) is 0.568. The number of benzene rings is 1. The first-order valence-corrected chi connectivity index (χ1v) is 6.28. The first-order valence-electron chi connectivity index (χ1n) is 6.28. The van der Waals surface area contributed by atoms with Gasteiger partial charge in [0.2, 0.25) is 0 Å². The summed E-state index contributed by atoms with van der Waals surface area (Å²) >= 11 is 0. The molecule has 1 aromatic carbocycles. The number of amides is 1. The fraction of sp³-hybridized carbons (Fsp3) is 0.462. The third-order valence-electron chi connectivity index (χ3n) is 3.27. The Morgan fingerprint density at radius 2 is 2.00 bits per heavy atom. The summed E-state index contributed by atoms with van der Waals surface area (Å²) in [5.41, 5.74) is 11.2. The van der Waals surface area contributed by atoms with Crippen LogP contribution in [0.15, 0.2) is 18.2 Å². The highest BCUT2D eigenvalue weighted by molar-refractivity contribution is 5.99. The Morgan fingerprint density at radius 3 is 2.67 bits per heavy atom. The third kappa shape index (κ3) is 2.98. The summed E-state index contributed by atoms with van der Waals surface area (Å²) < 4.78 is 13.5. The average Bonchev–Trinajstić information content (AvgIpc) is 2.37. The van der Waals surface area contributed by atoms with Crippen LogP contribution in [0.2, 0.25) is 0 Å². The average molecular weight is 251 g/mol. The summed E-state index contributed by atoms with van der Waals surface area (Å²) in [4.78, 5) is 11.8. The molecule has 0 bridgehead atoms. The molecule has 4 N–H and O–H groups in total. The summed E-state index contributed by atoms with van der Waals surface area (Å²) in [5.74, 6) is -1.12. The van der Waals surface area contributed by atoms with Gasteiger partial charge in [-0.25, -0.2) is 9.82 Å². The van der Waals surface area contributed by atoms with Crippen molar-refractivity contribution in [1.29, 1.82) is 0 Å². The van der Waals surface area contributed by atoms with Crippen molar-refractivity contribution < 1.29 is 9.18 Å². The van der Waals surface area contributed by atoms with Crippen LogP contribution in [-0.2, 0) is 0 Å². The molecule has 2 rings (SSSR count). The molecule has 0 heterocycles. The summed E-state index contributed by atoms with van der Waals surface area (Å²) in [6.45, 7) is 0. The lowest BCUT2D eigenvalue weighted by atomic mass is 9.96. The van der Waals surface area contributed by atoms with Crippen molar-refractivity contribution in [3.05, 3.63) is 29.6 Å². The maximum absolute atomic E-state index is 13.5. The van der Waals surface area contributed by atoms with E-state index in [0.717, 1.165) is 25.7 Å². The Balaban J connectivity index is 1.95. The Labute approximate surface area is 106 Å². The van der Waals surface area contributed by atoms with E-state index >= 15 is 0 Å². The molecule has 1 fully saturated rings. The van der Waals surface area contributed by atoms with Gasteiger partial charge in [-0.1, -0.05) is 25.3 Å². The Kier molecular flexibility index (Phi) is 4.15. The van der Waals surface area contributed by atoms with E-state index in [-0.39, 0.29) is 17.3 Å². The van der Waals surface area contributed by atoms with Crippen LogP contribution in [-0.4, -0.2) is 11.9 Å². The summed E-state index contributed by atoms with van der Waals surface area (Å²) in [7, 11) is 0. The van der Waals surface area contributed by atoms with Gasteiger partial charge in [-0.05, 0) is 25.0 Å². The molecule has 0 unspecified atom stereocenters. The predicted molar refractivity (Wildman–Crippen MR) is 68.3 cm³/mol. The van der Waals surface area contributed by atoms with Crippen molar-refractivity contribution in [3.8, 4) is 0 Å². The zero-order valence-corrected chi connectivity index (χ0v) is 10.2. The minimum Gasteiger partial charge on any atom is -0.398 e. The second-order valence-electron chi connectivity index (χ2n) is 4.64. The number of carbonyl (C=O) groups is 1. The van der Waals surface area contributed by atoms with Crippen molar-refractivity contribution >= 4 is 11.6 Å². The van der Waals surface area contributed by atoms with Gasteiger partial charge in [-0.3, -0.25) is 10.2 Å². The standard InChI is InChI=1S/C13H18FN3O/c14-10-7-4-8-11(15)12(10)13(18)17-16-9-5-2-1-3-6-9/h4,7-9,16H,1-3,5-6,15H2,(H,17,18). The highest BCUT2D eigenvalue weighted by atomic mass is 19.1. The molecule has 98 valence electrons. The number of hydrazine groups is 1. The van der Waals surface area contributed by atoms with Crippen molar-refractivity contribution in [2.24, 2.45) is 0 Å². The second-order valence-corrected chi connectivity index (χ2v) is 4.64. The molecule has 0 aliphatic heterocycles. The molecule has 1 saturated carbocycles. The van der Waals surface area contributed by atoms with E-state index in [2.05, 4.69) is 10.9 Å². The molecule has 0 aromatic heterocycles. The SMILES string of the molecule is Nc1cccc(F)c1C(=O)NNC1CCCCC1. The first kappa shape index (κ1) is 12.8. The van der Waals surface area contributed by atoms with Crippen LogP contribution in [0.25, 0.3) is 0 Å². The van der Waals surface area contributed by atoms with Crippen LogP contribution in [0.3, 0.4) is 0 Å². The second kappa shape index (κ2) is 5.82. The van der Waals surface area contributed by atoms with Gasteiger partial charge in [0.1, 0.15) is 5.82 Å². The van der Waals surface area contributed by atoms with Crippen molar-refractivity contribution in [3.63, 3.8) is 0 Å². The van der Waals surface area contributed by atoms with Gasteiger partial charge in [0, 0.05) is 11.7 Å². The molecule has 5 heteroatoms. The van der Waals surface area contributed by atoms with Crippen LogP contribution < -0.4 is 16.6 Å². The molecule has 4 nitrogen and oxygen atoms in total. The highest BCUT2D eigenvalue weighted by Crippen LogP contribution is 2.17. The maximum atomic E-state index is 13.5. The van der Waals surface area contributed by atoms with E-state index in [9.17, 15) is 9.18 Å². The Hall–Kier alpha value is -1.62.